The zero-order valence-electron chi connectivity index (χ0n) is 13.8. The van der Waals surface area contributed by atoms with E-state index >= 15 is 0 Å². The Morgan fingerprint density at radius 3 is 2.31 bits per heavy atom. The summed E-state index contributed by atoms with van der Waals surface area (Å²) in [6.07, 6.45) is 0. The molecule has 2 aromatic rings. The molecule has 0 aliphatic heterocycles. The van der Waals surface area contributed by atoms with Crippen LogP contribution in [0, 0.1) is 10.1 Å². The molecule has 2 rings (SSSR count). The van der Waals surface area contributed by atoms with Crippen LogP contribution in [0.2, 0.25) is 0 Å². The number of alkyl halides is 1. The molecule has 7 nitrogen and oxygen atoms in total. The first kappa shape index (κ1) is 20.5. The fraction of sp³-hybridized carbons (Fsp3) is 0.250. The standard InChI is InChI=1S/C16H17ClN2O5S2/c1-2-24-16(12-17)25(14-10-8-13(9-11-14)19(20)21)18-26(22,23)15-6-4-3-5-7-15/h3-11,16H,2,12H2,1H3/t16-,25-/m0/s1. The number of non-ortho nitro benzene ring substituents is 1. The summed E-state index contributed by atoms with van der Waals surface area (Å²) in [5.41, 5.74) is -0.761. The highest BCUT2D eigenvalue weighted by molar-refractivity contribution is 8.00. The average molecular weight is 417 g/mol. The normalized spacial score (nSPS) is 14.1. The van der Waals surface area contributed by atoms with Gasteiger partial charge >= 0.3 is 0 Å². The molecule has 140 valence electrons. The van der Waals surface area contributed by atoms with Crippen LogP contribution in [0.1, 0.15) is 6.92 Å². The van der Waals surface area contributed by atoms with Crippen molar-refractivity contribution in [1.82, 2.24) is 0 Å². The predicted octanol–water partition coefficient (Wildman–Crippen LogP) is 3.75. The van der Waals surface area contributed by atoms with Crippen LogP contribution in [-0.2, 0) is 25.5 Å². The molecule has 0 fully saturated rings. The van der Waals surface area contributed by atoms with Gasteiger partial charge in [0.25, 0.3) is 15.7 Å². The Morgan fingerprint density at radius 2 is 1.81 bits per heavy atom. The molecule has 0 bridgehead atoms. The van der Waals surface area contributed by atoms with Crippen LogP contribution in [0.15, 0.2) is 68.2 Å². The number of sulfonamides is 1. The summed E-state index contributed by atoms with van der Waals surface area (Å²) < 4.78 is 34.9. The third kappa shape index (κ3) is 5.10. The Morgan fingerprint density at radius 1 is 1.19 bits per heavy atom. The fourth-order valence-electron chi connectivity index (χ4n) is 2.05. The second-order valence-electron chi connectivity index (χ2n) is 4.97. The summed E-state index contributed by atoms with van der Waals surface area (Å²) in [5, 5.41) is 10.8. The molecule has 0 saturated heterocycles. The molecule has 0 aromatic heterocycles. The summed E-state index contributed by atoms with van der Waals surface area (Å²) in [5.74, 6) is 0.0295. The van der Waals surface area contributed by atoms with Crippen LogP contribution >= 0.6 is 11.6 Å². The minimum absolute atomic E-state index is 0.0295. The lowest BCUT2D eigenvalue weighted by atomic mass is 10.3. The number of rotatable bonds is 8. The smallest absolute Gasteiger partial charge is 0.288 e. The van der Waals surface area contributed by atoms with Gasteiger partial charge in [-0.1, -0.05) is 18.2 Å². The molecule has 0 spiro atoms. The first-order valence-corrected chi connectivity index (χ1v) is 10.8. The van der Waals surface area contributed by atoms with E-state index in [1.165, 1.54) is 36.4 Å². The maximum absolute atomic E-state index is 12.6. The van der Waals surface area contributed by atoms with E-state index in [0.717, 1.165) is 0 Å². The van der Waals surface area contributed by atoms with E-state index in [-0.39, 0.29) is 16.5 Å². The number of hydrogen-bond acceptors (Lipinski definition) is 5. The van der Waals surface area contributed by atoms with E-state index in [9.17, 15) is 18.5 Å². The van der Waals surface area contributed by atoms with E-state index < -0.39 is 31.1 Å². The molecule has 0 aliphatic rings. The van der Waals surface area contributed by atoms with Crippen LogP contribution in [0.25, 0.3) is 0 Å². The Hall–Kier alpha value is -1.81. The van der Waals surface area contributed by atoms with Crippen molar-refractivity contribution in [1.29, 1.82) is 0 Å². The van der Waals surface area contributed by atoms with Crippen molar-refractivity contribution in [2.24, 2.45) is 3.77 Å². The first-order valence-electron chi connectivity index (χ1n) is 7.57. The van der Waals surface area contributed by atoms with Crippen molar-refractivity contribution in [2.45, 2.75) is 22.2 Å². The maximum atomic E-state index is 12.6. The highest BCUT2D eigenvalue weighted by Crippen LogP contribution is 2.23. The SMILES string of the molecule is CCO[C@H](CCl)[S@@](=NS(=O)(=O)c1ccccc1)c1ccc([N+](=O)[O-])cc1. The molecule has 0 heterocycles. The number of nitro groups is 1. The Labute approximate surface area is 159 Å². The van der Waals surface area contributed by atoms with Crippen molar-refractivity contribution < 1.29 is 18.1 Å². The van der Waals surface area contributed by atoms with E-state index in [4.69, 9.17) is 16.3 Å². The summed E-state index contributed by atoms with van der Waals surface area (Å²) >= 11 is 5.97. The van der Waals surface area contributed by atoms with Crippen LogP contribution in [0.5, 0.6) is 0 Å². The van der Waals surface area contributed by atoms with Gasteiger partial charge in [0.15, 0.2) is 0 Å². The Bertz CT molecular complexity index is 887. The first-order chi connectivity index (χ1) is 12.4. The molecule has 0 radical (unpaired) electrons. The summed E-state index contributed by atoms with van der Waals surface area (Å²) in [6, 6.07) is 13.4. The third-order valence-electron chi connectivity index (χ3n) is 3.24. The van der Waals surface area contributed by atoms with Gasteiger partial charge in [0, 0.05) is 23.6 Å². The van der Waals surface area contributed by atoms with Crippen LogP contribution in [0.3, 0.4) is 0 Å². The molecule has 0 unspecified atom stereocenters. The number of hydrogen-bond donors (Lipinski definition) is 0. The second kappa shape index (κ2) is 9.22. The van der Waals surface area contributed by atoms with E-state index in [1.807, 2.05) is 0 Å². The van der Waals surface area contributed by atoms with Crippen molar-refractivity contribution in [2.75, 3.05) is 12.5 Å². The molecule has 0 aliphatic carbocycles. The lowest BCUT2D eigenvalue weighted by molar-refractivity contribution is -0.384. The Balaban J connectivity index is 2.55. The van der Waals surface area contributed by atoms with E-state index in [2.05, 4.69) is 3.77 Å². The number of benzene rings is 2. The quantitative estimate of drug-likeness (QED) is 0.370. The van der Waals surface area contributed by atoms with Crippen molar-refractivity contribution in [3.63, 3.8) is 0 Å². The monoisotopic (exact) mass is 416 g/mol. The average Bonchev–Trinajstić information content (AvgIpc) is 2.65. The zero-order chi connectivity index (χ0) is 19.2. The van der Waals surface area contributed by atoms with Gasteiger partial charge in [0.2, 0.25) is 0 Å². The molecule has 2 atom stereocenters. The van der Waals surface area contributed by atoms with Gasteiger partial charge in [-0.05, 0) is 41.9 Å². The summed E-state index contributed by atoms with van der Waals surface area (Å²) in [7, 11) is -5.20. The summed E-state index contributed by atoms with van der Waals surface area (Å²) in [4.78, 5) is 10.9. The molecule has 10 heteroatoms. The Kier molecular flexibility index (Phi) is 7.27. The van der Waals surface area contributed by atoms with Gasteiger partial charge < -0.3 is 4.74 Å². The van der Waals surface area contributed by atoms with Gasteiger partial charge in [0.05, 0.1) is 15.7 Å². The fourth-order valence-corrected chi connectivity index (χ4v) is 6.02. The number of nitro benzene ring substituents is 1. The van der Waals surface area contributed by atoms with Crippen molar-refractivity contribution in [3.05, 3.63) is 64.7 Å². The van der Waals surface area contributed by atoms with Gasteiger partial charge in [-0.3, -0.25) is 10.1 Å². The van der Waals surface area contributed by atoms with Crippen LogP contribution < -0.4 is 0 Å². The van der Waals surface area contributed by atoms with E-state index in [0.29, 0.717) is 11.5 Å². The lowest BCUT2D eigenvalue weighted by Crippen LogP contribution is -2.22. The van der Waals surface area contributed by atoms with Crippen molar-refractivity contribution in [3.8, 4) is 0 Å². The minimum Gasteiger partial charge on any atom is -0.365 e. The highest BCUT2D eigenvalue weighted by atomic mass is 35.5. The molecule has 0 N–H and O–H groups in total. The van der Waals surface area contributed by atoms with Gasteiger partial charge in [-0.15, -0.1) is 15.4 Å². The highest BCUT2D eigenvalue weighted by Gasteiger charge is 2.22. The zero-order valence-corrected chi connectivity index (χ0v) is 16.2. The maximum Gasteiger partial charge on any atom is 0.288 e. The number of ether oxygens (including phenoxy) is 1. The minimum atomic E-state index is -3.94. The molecule has 2 aromatic carbocycles. The molecular formula is C16H17ClN2O5S2. The van der Waals surface area contributed by atoms with Gasteiger partial charge in [0.1, 0.15) is 5.44 Å². The van der Waals surface area contributed by atoms with Crippen LogP contribution in [-0.4, -0.2) is 31.3 Å². The van der Waals surface area contributed by atoms with Gasteiger partial charge in [-0.25, -0.2) is 0 Å². The van der Waals surface area contributed by atoms with Crippen LogP contribution in [0.4, 0.5) is 5.69 Å². The summed E-state index contributed by atoms with van der Waals surface area (Å²) in [6.45, 7) is 2.09. The molecule has 26 heavy (non-hydrogen) atoms. The van der Waals surface area contributed by atoms with E-state index in [1.54, 1.807) is 25.1 Å². The van der Waals surface area contributed by atoms with Gasteiger partial charge in [-0.2, -0.15) is 8.42 Å². The topological polar surface area (TPSA) is 98.9 Å². The van der Waals surface area contributed by atoms with Crippen molar-refractivity contribution >= 4 is 38.0 Å². The molecule has 0 saturated carbocycles. The third-order valence-corrected chi connectivity index (χ3v) is 7.55. The predicted molar refractivity (Wildman–Crippen MR) is 101 cm³/mol. The largest absolute Gasteiger partial charge is 0.365 e. The second-order valence-corrected chi connectivity index (χ2v) is 8.92. The lowest BCUT2D eigenvalue weighted by Gasteiger charge is -2.18. The molecule has 0 amide bonds. The number of nitrogens with zero attached hydrogens (tertiary/aromatic N) is 2. The number of halogens is 1. The molecular weight excluding hydrogens is 400 g/mol.